The zero-order chi connectivity index (χ0) is 15.4. The monoisotopic (exact) mass is 320 g/mol. The maximum Gasteiger partial charge on any atom is 0.136 e. The Labute approximate surface area is 134 Å². The average molecular weight is 321 g/mol. The number of nitriles is 1. The van der Waals surface area contributed by atoms with Crippen LogP contribution in [0.15, 0.2) is 30.3 Å². The smallest absolute Gasteiger partial charge is 0.136 e. The molecule has 0 radical (unpaired) electrons. The van der Waals surface area contributed by atoms with Gasteiger partial charge in [-0.25, -0.2) is 0 Å². The molecule has 2 rings (SSSR count). The SMILES string of the molecule is COc1ccc(CNc2cc(Cl)c(C)cc2Cl)cc1C#N. The zero-order valence-corrected chi connectivity index (χ0v) is 13.2. The molecule has 0 aromatic heterocycles. The highest BCUT2D eigenvalue weighted by Gasteiger charge is 2.06. The van der Waals surface area contributed by atoms with Crippen molar-refractivity contribution in [1.29, 1.82) is 5.26 Å². The summed E-state index contributed by atoms with van der Waals surface area (Å²) >= 11 is 12.3. The minimum atomic E-state index is 0.504. The number of halogens is 2. The van der Waals surface area contributed by atoms with Crippen LogP contribution in [0, 0.1) is 18.3 Å². The first-order valence-corrected chi connectivity index (χ1v) is 7.07. The molecule has 0 unspecified atom stereocenters. The van der Waals surface area contributed by atoms with Gasteiger partial charge >= 0.3 is 0 Å². The fourth-order valence-corrected chi connectivity index (χ4v) is 2.38. The Balaban J connectivity index is 2.17. The maximum atomic E-state index is 9.08. The molecular weight excluding hydrogens is 307 g/mol. The molecule has 5 heteroatoms. The third-order valence-corrected chi connectivity index (χ3v) is 3.84. The molecule has 0 spiro atoms. The lowest BCUT2D eigenvalue weighted by atomic mass is 10.1. The molecule has 108 valence electrons. The Morgan fingerprint density at radius 3 is 2.62 bits per heavy atom. The van der Waals surface area contributed by atoms with Gasteiger partial charge in [-0.3, -0.25) is 0 Å². The van der Waals surface area contributed by atoms with Gasteiger partial charge in [0.2, 0.25) is 0 Å². The average Bonchev–Trinajstić information content (AvgIpc) is 2.49. The fourth-order valence-electron chi connectivity index (χ4n) is 1.93. The van der Waals surface area contributed by atoms with Crippen molar-refractivity contribution < 1.29 is 4.74 Å². The van der Waals surface area contributed by atoms with Gasteiger partial charge in [-0.1, -0.05) is 29.3 Å². The molecule has 0 atom stereocenters. The highest BCUT2D eigenvalue weighted by Crippen LogP contribution is 2.29. The summed E-state index contributed by atoms with van der Waals surface area (Å²) in [6.45, 7) is 2.44. The van der Waals surface area contributed by atoms with E-state index in [1.807, 2.05) is 19.1 Å². The second kappa shape index (κ2) is 6.71. The number of ether oxygens (including phenoxy) is 1. The summed E-state index contributed by atoms with van der Waals surface area (Å²) < 4.78 is 5.12. The van der Waals surface area contributed by atoms with Crippen LogP contribution in [0.3, 0.4) is 0 Å². The highest BCUT2D eigenvalue weighted by molar-refractivity contribution is 6.35. The predicted molar refractivity (Wildman–Crippen MR) is 86.2 cm³/mol. The van der Waals surface area contributed by atoms with E-state index in [1.54, 1.807) is 25.3 Å². The van der Waals surface area contributed by atoms with Crippen molar-refractivity contribution in [3.05, 3.63) is 57.1 Å². The number of benzene rings is 2. The Kier molecular flexibility index (Phi) is 4.95. The van der Waals surface area contributed by atoms with E-state index in [1.165, 1.54) is 0 Å². The van der Waals surface area contributed by atoms with Gasteiger partial charge in [0.25, 0.3) is 0 Å². The molecule has 0 heterocycles. The van der Waals surface area contributed by atoms with E-state index in [-0.39, 0.29) is 0 Å². The van der Waals surface area contributed by atoms with Crippen LogP contribution in [-0.4, -0.2) is 7.11 Å². The van der Waals surface area contributed by atoms with Gasteiger partial charge in [0.1, 0.15) is 11.8 Å². The van der Waals surface area contributed by atoms with Crippen LogP contribution in [0.4, 0.5) is 5.69 Å². The third kappa shape index (κ3) is 3.60. The Morgan fingerprint density at radius 1 is 1.19 bits per heavy atom. The van der Waals surface area contributed by atoms with Crippen LogP contribution in [0.2, 0.25) is 10.0 Å². The summed E-state index contributed by atoms with van der Waals surface area (Å²) in [6, 6.07) is 11.2. The zero-order valence-electron chi connectivity index (χ0n) is 11.7. The number of hydrogen-bond acceptors (Lipinski definition) is 3. The van der Waals surface area contributed by atoms with Crippen molar-refractivity contribution in [2.75, 3.05) is 12.4 Å². The number of hydrogen-bond donors (Lipinski definition) is 1. The van der Waals surface area contributed by atoms with Crippen molar-refractivity contribution in [3.63, 3.8) is 0 Å². The summed E-state index contributed by atoms with van der Waals surface area (Å²) in [7, 11) is 1.54. The van der Waals surface area contributed by atoms with E-state index in [4.69, 9.17) is 33.2 Å². The molecule has 3 nitrogen and oxygen atoms in total. The number of methoxy groups -OCH3 is 1. The molecule has 21 heavy (non-hydrogen) atoms. The standard InChI is InChI=1S/C16H14Cl2N2O/c1-10-5-14(18)15(7-13(10)17)20-9-11-3-4-16(21-2)12(6-11)8-19/h3-7,20H,9H2,1-2H3. The van der Waals surface area contributed by atoms with E-state index in [0.29, 0.717) is 27.9 Å². The number of anilines is 1. The minimum Gasteiger partial charge on any atom is -0.495 e. The molecule has 0 aliphatic rings. The molecule has 0 aliphatic carbocycles. The van der Waals surface area contributed by atoms with E-state index < -0.39 is 0 Å². The number of rotatable bonds is 4. The molecule has 0 bridgehead atoms. The lowest BCUT2D eigenvalue weighted by Gasteiger charge is -2.11. The number of nitrogens with one attached hydrogen (secondary N) is 1. The summed E-state index contributed by atoms with van der Waals surface area (Å²) in [5.74, 6) is 0.567. The second-order valence-corrected chi connectivity index (χ2v) is 5.40. The van der Waals surface area contributed by atoms with Crippen molar-refractivity contribution in [2.24, 2.45) is 0 Å². The minimum absolute atomic E-state index is 0.504. The summed E-state index contributed by atoms with van der Waals surface area (Å²) in [6.07, 6.45) is 0. The molecular formula is C16H14Cl2N2O. The summed E-state index contributed by atoms with van der Waals surface area (Å²) in [5, 5.41) is 13.6. The van der Waals surface area contributed by atoms with Crippen LogP contribution in [0.25, 0.3) is 0 Å². The Morgan fingerprint density at radius 2 is 1.95 bits per heavy atom. The van der Waals surface area contributed by atoms with Crippen molar-refractivity contribution in [2.45, 2.75) is 13.5 Å². The van der Waals surface area contributed by atoms with Gasteiger partial charge in [0.15, 0.2) is 0 Å². The van der Waals surface area contributed by atoms with Crippen molar-refractivity contribution >= 4 is 28.9 Å². The van der Waals surface area contributed by atoms with Crippen LogP contribution in [0.1, 0.15) is 16.7 Å². The Hall–Kier alpha value is -1.89. The van der Waals surface area contributed by atoms with Crippen LogP contribution in [0.5, 0.6) is 5.75 Å². The molecule has 2 aromatic rings. The van der Waals surface area contributed by atoms with Crippen LogP contribution in [-0.2, 0) is 6.54 Å². The van der Waals surface area contributed by atoms with Gasteiger partial charge < -0.3 is 10.1 Å². The summed E-state index contributed by atoms with van der Waals surface area (Å²) in [4.78, 5) is 0. The lowest BCUT2D eigenvalue weighted by Crippen LogP contribution is -2.01. The molecule has 0 saturated heterocycles. The molecule has 0 fully saturated rings. The second-order valence-electron chi connectivity index (χ2n) is 4.58. The van der Waals surface area contributed by atoms with Crippen molar-refractivity contribution in [1.82, 2.24) is 0 Å². The van der Waals surface area contributed by atoms with Gasteiger partial charge in [-0.15, -0.1) is 0 Å². The van der Waals surface area contributed by atoms with Crippen LogP contribution >= 0.6 is 23.2 Å². The number of aryl methyl sites for hydroxylation is 1. The molecule has 0 amide bonds. The lowest BCUT2D eigenvalue weighted by molar-refractivity contribution is 0.413. The molecule has 0 saturated carbocycles. The van der Waals surface area contributed by atoms with E-state index in [2.05, 4.69) is 11.4 Å². The fraction of sp³-hybridized carbons (Fsp3) is 0.188. The first-order valence-electron chi connectivity index (χ1n) is 6.31. The number of nitrogens with zero attached hydrogens (tertiary/aromatic N) is 1. The first kappa shape index (κ1) is 15.5. The van der Waals surface area contributed by atoms with Gasteiger partial charge in [0, 0.05) is 11.6 Å². The maximum absolute atomic E-state index is 9.08. The normalized spacial score (nSPS) is 10.0. The van der Waals surface area contributed by atoms with E-state index in [9.17, 15) is 0 Å². The summed E-state index contributed by atoms with van der Waals surface area (Å²) in [5.41, 5.74) is 3.16. The van der Waals surface area contributed by atoms with Gasteiger partial charge in [-0.05, 0) is 42.3 Å². The Bertz CT molecular complexity index is 708. The van der Waals surface area contributed by atoms with E-state index >= 15 is 0 Å². The van der Waals surface area contributed by atoms with Gasteiger partial charge in [-0.2, -0.15) is 5.26 Å². The van der Waals surface area contributed by atoms with E-state index in [0.717, 1.165) is 16.8 Å². The third-order valence-electron chi connectivity index (χ3n) is 3.12. The van der Waals surface area contributed by atoms with Crippen molar-refractivity contribution in [3.8, 4) is 11.8 Å². The highest BCUT2D eigenvalue weighted by atomic mass is 35.5. The molecule has 0 aliphatic heterocycles. The largest absolute Gasteiger partial charge is 0.495 e. The first-order chi connectivity index (χ1) is 10.0. The topological polar surface area (TPSA) is 45.0 Å². The molecule has 1 N–H and O–H groups in total. The quantitative estimate of drug-likeness (QED) is 0.880. The van der Waals surface area contributed by atoms with Crippen LogP contribution < -0.4 is 10.1 Å². The predicted octanol–water partition coefficient (Wildman–Crippen LogP) is 4.79. The molecule has 2 aromatic carbocycles. The van der Waals surface area contributed by atoms with Gasteiger partial charge in [0.05, 0.1) is 23.4 Å².